The van der Waals surface area contributed by atoms with Crippen LogP contribution in [0.2, 0.25) is 0 Å². The van der Waals surface area contributed by atoms with E-state index in [2.05, 4.69) is 26.2 Å². The summed E-state index contributed by atoms with van der Waals surface area (Å²) in [5.74, 6) is -0.175. The minimum absolute atomic E-state index is 0.0921. The van der Waals surface area contributed by atoms with Crippen molar-refractivity contribution in [3.05, 3.63) is 42.2 Å². The van der Waals surface area contributed by atoms with Crippen LogP contribution in [0, 0.1) is 0 Å². The molecule has 2 heterocycles. The van der Waals surface area contributed by atoms with Crippen LogP contribution in [0.25, 0.3) is 0 Å². The van der Waals surface area contributed by atoms with Gasteiger partial charge in [0, 0.05) is 32.6 Å². The minimum Gasteiger partial charge on any atom is -0.352 e. The second-order valence-electron chi connectivity index (χ2n) is 5.51. The maximum Gasteiger partial charge on any atom is 0.317 e. The molecule has 0 unspecified atom stereocenters. The molecule has 1 aromatic heterocycles. The summed E-state index contributed by atoms with van der Waals surface area (Å²) < 4.78 is 1.45. The fourth-order valence-corrected chi connectivity index (χ4v) is 2.61. The van der Waals surface area contributed by atoms with Crippen LogP contribution in [0.3, 0.4) is 0 Å². The summed E-state index contributed by atoms with van der Waals surface area (Å²) in [4.78, 5) is 25.7. The Morgan fingerprint density at radius 3 is 2.83 bits per heavy atom. The lowest BCUT2D eigenvalue weighted by Gasteiger charge is -2.18. The fraction of sp³-hybridized carbons (Fsp3) is 0.400. The van der Waals surface area contributed by atoms with Crippen molar-refractivity contribution in [3.8, 4) is 0 Å². The van der Waals surface area contributed by atoms with E-state index in [0.717, 1.165) is 5.56 Å². The number of tetrazole rings is 1. The number of carbonyl (C=O) groups excluding carboxylic acids is 2. The zero-order valence-corrected chi connectivity index (χ0v) is 13.1. The van der Waals surface area contributed by atoms with Gasteiger partial charge in [0.1, 0.15) is 12.4 Å². The predicted molar refractivity (Wildman–Crippen MR) is 85.0 cm³/mol. The molecule has 0 radical (unpaired) electrons. The van der Waals surface area contributed by atoms with Crippen LogP contribution in [0.15, 0.2) is 36.7 Å². The average Bonchev–Trinajstić information content (AvgIpc) is 3.26. The van der Waals surface area contributed by atoms with E-state index in [1.165, 1.54) is 11.0 Å². The highest BCUT2D eigenvalue weighted by Crippen LogP contribution is 2.13. The summed E-state index contributed by atoms with van der Waals surface area (Å²) >= 11 is 0. The molecular formula is C15H19N7O2. The lowest BCUT2D eigenvalue weighted by Crippen LogP contribution is -2.40. The maximum absolute atomic E-state index is 12.6. The first-order valence-electron chi connectivity index (χ1n) is 7.81. The summed E-state index contributed by atoms with van der Waals surface area (Å²) in [5, 5.41) is 16.7. The summed E-state index contributed by atoms with van der Waals surface area (Å²) in [6.45, 7) is 2.17. The lowest BCUT2D eigenvalue weighted by molar-refractivity contribution is -0.124. The highest BCUT2D eigenvalue weighted by molar-refractivity contribution is 5.80. The van der Waals surface area contributed by atoms with Crippen LogP contribution in [-0.4, -0.2) is 63.2 Å². The minimum atomic E-state index is -0.533. The molecule has 0 aliphatic carbocycles. The van der Waals surface area contributed by atoms with Crippen LogP contribution in [-0.2, 0) is 11.2 Å². The number of nitrogens with zero attached hydrogens (tertiary/aromatic N) is 5. The first-order valence-corrected chi connectivity index (χ1v) is 7.81. The number of urea groups is 1. The third-order valence-electron chi connectivity index (χ3n) is 3.88. The van der Waals surface area contributed by atoms with Crippen molar-refractivity contribution in [2.75, 3.05) is 26.2 Å². The molecule has 0 bridgehead atoms. The second kappa shape index (κ2) is 7.53. The topological polar surface area (TPSA) is 105 Å². The SMILES string of the molecule is O=C(NCCN1CCNC1=O)[C@@H](Cc1ccccc1)n1cnnn1. The van der Waals surface area contributed by atoms with Gasteiger partial charge in [-0.05, 0) is 16.0 Å². The highest BCUT2D eigenvalue weighted by Gasteiger charge is 2.23. The molecule has 1 fully saturated rings. The smallest absolute Gasteiger partial charge is 0.317 e. The van der Waals surface area contributed by atoms with E-state index in [9.17, 15) is 9.59 Å². The van der Waals surface area contributed by atoms with Crippen molar-refractivity contribution in [1.29, 1.82) is 0 Å². The number of aromatic nitrogens is 4. The van der Waals surface area contributed by atoms with Gasteiger partial charge in [-0.15, -0.1) is 5.10 Å². The third kappa shape index (κ3) is 3.86. The lowest BCUT2D eigenvalue weighted by atomic mass is 10.1. The Bertz CT molecular complexity index is 674. The molecule has 2 aromatic rings. The van der Waals surface area contributed by atoms with Gasteiger partial charge in [0.25, 0.3) is 0 Å². The van der Waals surface area contributed by atoms with Crippen LogP contribution < -0.4 is 10.6 Å². The Morgan fingerprint density at radius 2 is 2.17 bits per heavy atom. The van der Waals surface area contributed by atoms with Crippen LogP contribution in [0.1, 0.15) is 11.6 Å². The van der Waals surface area contributed by atoms with Gasteiger partial charge in [0.2, 0.25) is 5.91 Å². The zero-order valence-electron chi connectivity index (χ0n) is 13.1. The molecule has 1 aliphatic heterocycles. The maximum atomic E-state index is 12.6. The van der Waals surface area contributed by atoms with Crippen LogP contribution >= 0.6 is 0 Å². The van der Waals surface area contributed by atoms with E-state index in [1.807, 2.05) is 30.3 Å². The van der Waals surface area contributed by atoms with Gasteiger partial charge in [0.05, 0.1) is 0 Å². The molecule has 1 aromatic carbocycles. The molecule has 3 amide bonds. The van der Waals surface area contributed by atoms with E-state index in [4.69, 9.17) is 0 Å². The number of carbonyl (C=O) groups is 2. The van der Waals surface area contributed by atoms with Gasteiger partial charge in [-0.25, -0.2) is 9.48 Å². The summed E-state index contributed by atoms with van der Waals surface area (Å²) in [6.07, 6.45) is 1.92. The number of hydrogen-bond acceptors (Lipinski definition) is 5. The largest absolute Gasteiger partial charge is 0.352 e. The van der Waals surface area contributed by atoms with Crippen molar-refractivity contribution < 1.29 is 9.59 Å². The molecule has 9 heteroatoms. The van der Waals surface area contributed by atoms with Crippen LogP contribution in [0.4, 0.5) is 4.79 Å². The van der Waals surface area contributed by atoms with E-state index in [-0.39, 0.29) is 11.9 Å². The normalized spacial score (nSPS) is 15.2. The first-order chi connectivity index (χ1) is 11.7. The first kappa shape index (κ1) is 15.9. The number of rotatable bonds is 7. The van der Waals surface area contributed by atoms with E-state index in [0.29, 0.717) is 32.6 Å². The van der Waals surface area contributed by atoms with E-state index >= 15 is 0 Å². The van der Waals surface area contributed by atoms with Gasteiger partial charge in [-0.1, -0.05) is 30.3 Å². The second-order valence-corrected chi connectivity index (χ2v) is 5.51. The van der Waals surface area contributed by atoms with Gasteiger partial charge in [-0.2, -0.15) is 0 Å². The van der Waals surface area contributed by atoms with Gasteiger partial charge < -0.3 is 15.5 Å². The molecule has 1 saturated heterocycles. The molecule has 126 valence electrons. The van der Waals surface area contributed by atoms with Gasteiger partial charge in [0.15, 0.2) is 0 Å². The van der Waals surface area contributed by atoms with Crippen LogP contribution in [0.5, 0.6) is 0 Å². The third-order valence-corrected chi connectivity index (χ3v) is 3.88. The zero-order chi connectivity index (χ0) is 16.8. The van der Waals surface area contributed by atoms with E-state index in [1.54, 1.807) is 4.90 Å². The molecule has 1 atom stereocenters. The molecule has 0 saturated carbocycles. The van der Waals surface area contributed by atoms with Gasteiger partial charge >= 0.3 is 6.03 Å². The predicted octanol–water partition coefficient (Wildman–Crippen LogP) is -0.402. The van der Waals surface area contributed by atoms with Crippen molar-refractivity contribution in [2.45, 2.75) is 12.5 Å². The number of amides is 3. The Kier molecular flexibility index (Phi) is 4.99. The molecule has 3 rings (SSSR count). The quantitative estimate of drug-likeness (QED) is 0.719. The number of benzene rings is 1. The standard InChI is InChI=1S/C15H19N7O2/c23-14(16-6-8-21-9-7-17-15(21)24)13(22-11-18-19-20-22)10-12-4-2-1-3-5-12/h1-5,11,13H,6-10H2,(H,16,23)(H,17,24)/t13-/m1/s1. The molecule has 24 heavy (non-hydrogen) atoms. The van der Waals surface area contributed by atoms with Crippen molar-refractivity contribution in [3.63, 3.8) is 0 Å². The van der Waals surface area contributed by atoms with E-state index < -0.39 is 6.04 Å². The van der Waals surface area contributed by atoms with Crippen molar-refractivity contribution in [2.24, 2.45) is 0 Å². The molecule has 1 aliphatic rings. The molecule has 0 spiro atoms. The highest BCUT2D eigenvalue weighted by atomic mass is 16.2. The number of hydrogen-bond donors (Lipinski definition) is 2. The van der Waals surface area contributed by atoms with Crippen molar-refractivity contribution >= 4 is 11.9 Å². The molecule has 9 nitrogen and oxygen atoms in total. The van der Waals surface area contributed by atoms with Crippen molar-refractivity contribution in [1.82, 2.24) is 35.7 Å². The Hall–Kier alpha value is -2.97. The Balaban J connectivity index is 1.60. The summed E-state index contributed by atoms with van der Waals surface area (Å²) in [5.41, 5.74) is 1.02. The number of nitrogens with one attached hydrogen (secondary N) is 2. The van der Waals surface area contributed by atoms with Gasteiger partial charge in [-0.3, -0.25) is 4.79 Å². The monoisotopic (exact) mass is 329 g/mol. The Morgan fingerprint density at radius 1 is 1.33 bits per heavy atom. The summed E-state index contributed by atoms with van der Waals surface area (Å²) in [6, 6.07) is 9.07. The molecular weight excluding hydrogens is 310 g/mol. The fourth-order valence-electron chi connectivity index (χ4n) is 2.61. The average molecular weight is 329 g/mol. The Labute approximate surface area is 139 Å². The molecule has 2 N–H and O–H groups in total. The summed E-state index contributed by atoms with van der Waals surface area (Å²) in [7, 11) is 0.